The lowest BCUT2D eigenvalue weighted by Gasteiger charge is -2.23. The van der Waals surface area contributed by atoms with Crippen molar-refractivity contribution in [2.24, 2.45) is 5.41 Å². The molecule has 1 aliphatic rings. The highest BCUT2D eigenvalue weighted by Crippen LogP contribution is 2.48. The van der Waals surface area contributed by atoms with E-state index in [1.165, 1.54) is 30.4 Å². The second-order valence-corrected chi connectivity index (χ2v) is 5.86. The van der Waals surface area contributed by atoms with Gasteiger partial charge in [-0.3, -0.25) is 4.98 Å². The zero-order valence-electron chi connectivity index (χ0n) is 12.0. The van der Waals surface area contributed by atoms with Crippen molar-refractivity contribution in [1.29, 1.82) is 0 Å². The topological polar surface area (TPSA) is 24.9 Å². The van der Waals surface area contributed by atoms with Gasteiger partial charge in [0, 0.05) is 18.9 Å². The zero-order chi connectivity index (χ0) is 13.8. The van der Waals surface area contributed by atoms with Crippen LogP contribution in [0.15, 0.2) is 54.9 Å². The third-order valence-corrected chi connectivity index (χ3v) is 4.56. The molecule has 1 aromatic carbocycles. The van der Waals surface area contributed by atoms with Gasteiger partial charge >= 0.3 is 0 Å². The number of hydrogen-bond acceptors (Lipinski definition) is 2. The van der Waals surface area contributed by atoms with E-state index in [2.05, 4.69) is 59.7 Å². The quantitative estimate of drug-likeness (QED) is 0.856. The second kappa shape index (κ2) is 5.76. The summed E-state index contributed by atoms with van der Waals surface area (Å²) in [5.74, 6) is 0. The van der Waals surface area contributed by atoms with Crippen LogP contribution in [0.25, 0.3) is 0 Å². The van der Waals surface area contributed by atoms with Gasteiger partial charge < -0.3 is 5.32 Å². The Morgan fingerprint density at radius 3 is 2.30 bits per heavy atom. The average molecular weight is 266 g/mol. The van der Waals surface area contributed by atoms with Crippen molar-refractivity contribution in [2.75, 3.05) is 6.54 Å². The molecule has 1 unspecified atom stereocenters. The molecule has 0 radical (unpaired) electrons. The van der Waals surface area contributed by atoms with Gasteiger partial charge in [0.15, 0.2) is 0 Å². The van der Waals surface area contributed by atoms with Gasteiger partial charge in [0.25, 0.3) is 0 Å². The largest absolute Gasteiger partial charge is 0.306 e. The summed E-state index contributed by atoms with van der Waals surface area (Å²) in [7, 11) is 0. The number of benzene rings is 1. The average Bonchev–Trinajstić information content (AvgIpc) is 3.30. The number of hydrogen-bond donors (Lipinski definition) is 1. The van der Waals surface area contributed by atoms with Crippen LogP contribution in [0.4, 0.5) is 0 Å². The number of nitrogens with one attached hydrogen (secondary N) is 1. The van der Waals surface area contributed by atoms with Crippen LogP contribution in [0.5, 0.6) is 0 Å². The summed E-state index contributed by atoms with van der Waals surface area (Å²) < 4.78 is 0. The first-order chi connectivity index (χ1) is 9.83. The molecule has 2 aromatic rings. The van der Waals surface area contributed by atoms with Gasteiger partial charge in [-0.25, -0.2) is 0 Å². The molecular weight excluding hydrogens is 244 g/mol. The SMILES string of the molecule is CCC1(CNC(c2ccccc2)c2ccncc2)CC1. The van der Waals surface area contributed by atoms with Gasteiger partial charge in [-0.2, -0.15) is 0 Å². The Bertz CT molecular complexity index is 492. The molecule has 1 atom stereocenters. The summed E-state index contributed by atoms with van der Waals surface area (Å²) in [4.78, 5) is 4.13. The molecule has 1 fully saturated rings. The highest BCUT2D eigenvalue weighted by molar-refractivity contribution is 5.30. The smallest absolute Gasteiger partial charge is 0.0578 e. The van der Waals surface area contributed by atoms with Gasteiger partial charge in [-0.15, -0.1) is 0 Å². The van der Waals surface area contributed by atoms with Crippen molar-refractivity contribution in [3.05, 3.63) is 66.0 Å². The molecule has 0 aliphatic heterocycles. The number of aromatic nitrogens is 1. The van der Waals surface area contributed by atoms with Crippen LogP contribution in [0.1, 0.15) is 43.4 Å². The van der Waals surface area contributed by atoms with Crippen LogP contribution in [-0.2, 0) is 0 Å². The van der Waals surface area contributed by atoms with E-state index in [0.717, 1.165) is 6.54 Å². The highest BCUT2D eigenvalue weighted by Gasteiger charge is 2.40. The lowest BCUT2D eigenvalue weighted by Crippen LogP contribution is -2.29. The van der Waals surface area contributed by atoms with Crippen LogP contribution >= 0.6 is 0 Å². The number of pyridine rings is 1. The summed E-state index contributed by atoms with van der Waals surface area (Å²) in [6.45, 7) is 3.41. The Hall–Kier alpha value is -1.67. The van der Waals surface area contributed by atoms with E-state index in [4.69, 9.17) is 0 Å². The fourth-order valence-corrected chi connectivity index (χ4v) is 2.78. The molecule has 104 valence electrons. The first-order valence-corrected chi connectivity index (χ1v) is 7.51. The Kier molecular flexibility index (Phi) is 3.83. The van der Waals surface area contributed by atoms with E-state index in [1.807, 2.05) is 12.4 Å². The second-order valence-electron chi connectivity index (χ2n) is 5.86. The molecule has 0 amide bonds. The Labute approximate surface area is 121 Å². The van der Waals surface area contributed by atoms with Crippen LogP contribution in [0, 0.1) is 5.41 Å². The van der Waals surface area contributed by atoms with Crippen molar-refractivity contribution in [3.8, 4) is 0 Å². The maximum absolute atomic E-state index is 4.13. The summed E-state index contributed by atoms with van der Waals surface area (Å²) in [5, 5.41) is 3.78. The minimum Gasteiger partial charge on any atom is -0.306 e. The molecule has 0 saturated heterocycles. The van der Waals surface area contributed by atoms with Crippen LogP contribution in [0.3, 0.4) is 0 Å². The summed E-state index contributed by atoms with van der Waals surface area (Å²) in [5.41, 5.74) is 3.17. The first kappa shape index (κ1) is 13.3. The lowest BCUT2D eigenvalue weighted by molar-refractivity contribution is 0.424. The summed E-state index contributed by atoms with van der Waals surface area (Å²) >= 11 is 0. The minimum atomic E-state index is 0.267. The third-order valence-electron chi connectivity index (χ3n) is 4.56. The molecule has 3 rings (SSSR count). The monoisotopic (exact) mass is 266 g/mol. The van der Waals surface area contributed by atoms with Crippen LogP contribution in [-0.4, -0.2) is 11.5 Å². The fourth-order valence-electron chi connectivity index (χ4n) is 2.78. The maximum Gasteiger partial charge on any atom is 0.0578 e. The van der Waals surface area contributed by atoms with Crippen molar-refractivity contribution >= 4 is 0 Å². The van der Waals surface area contributed by atoms with Crippen molar-refractivity contribution in [3.63, 3.8) is 0 Å². The molecule has 1 heterocycles. The molecule has 1 N–H and O–H groups in total. The predicted octanol–water partition coefficient (Wildman–Crippen LogP) is 3.95. The molecule has 1 saturated carbocycles. The third kappa shape index (κ3) is 2.91. The van der Waals surface area contributed by atoms with Crippen molar-refractivity contribution in [1.82, 2.24) is 10.3 Å². The van der Waals surface area contributed by atoms with E-state index < -0.39 is 0 Å². The van der Waals surface area contributed by atoms with E-state index in [1.54, 1.807) is 0 Å². The number of nitrogens with zero attached hydrogens (tertiary/aromatic N) is 1. The molecule has 0 spiro atoms. The Morgan fingerprint density at radius 1 is 1.05 bits per heavy atom. The molecule has 0 bridgehead atoms. The molecule has 20 heavy (non-hydrogen) atoms. The zero-order valence-corrected chi connectivity index (χ0v) is 12.0. The highest BCUT2D eigenvalue weighted by atomic mass is 14.9. The van der Waals surface area contributed by atoms with Crippen molar-refractivity contribution in [2.45, 2.75) is 32.2 Å². The predicted molar refractivity (Wildman–Crippen MR) is 82.5 cm³/mol. The maximum atomic E-state index is 4.13. The molecule has 1 aliphatic carbocycles. The molecule has 2 nitrogen and oxygen atoms in total. The lowest BCUT2D eigenvalue weighted by atomic mass is 9.97. The minimum absolute atomic E-state index is 0.267. The fraction of sp³-hybridized carbons (Fsp3) is 0.389. The van der Waals surface area contributed by atoms with Crippen molar-refractivity contribution < 1.29 is 0 Å². The van der Waals surface area contributed by atoms with Crippen LogP contribution in [0.2, 0.25) is 0 Å². The van der Waals surface area contributed by atoms with Gasteiger partial charge in [0.05, 0.1) is 6.04 Å². The summed E-state index contributed by atoms with van der Waals surface area (Å²) in [6, 6.07) is 15.2. The number of rotatable bonds is 6. The first-order valence-electron chi connectivity index (χ1n) is 7.51. The summed E-state index contributed by atoms with van der Waals surface area (Å²) in [6.07, 6.45) is 7.76. The Morgan fingerprint density at radius 2 is 1.70 bits per heavy atom. The van der Waals surface area contributed by atoms with Gasteiger partial charge in [-0.1, -0.05) is 37.3 Å². The van der Waals surface area contributed by atoms with E-state index >= 15 is 0 Å². The Balaban J connectivity index is 1.81. The van der Waals surface area contributed by atoms with Gasteiger partial charge in [0.1, 0.15) is 0 Å². The standard InChI is InChI=1S/C18H22N2/c1-2-18(10-11-18)14-20-17(15-6-4-3-5-7-15)16-8-12-19-13-9-16/h3-9,12-13,17,20H,2,10-11,14H2,1H3. The molecular formula is C18H22N2. The van der Waals surface area contributed by atoms with E-state index in [-0.39, 0.29) is 6.04 Å². The van der Waals surface area contributed by atoms with Crippen LogP contribution < -0.4 is 5.32 Å². The molecule has 1 aromatic heterocycles. The normalized spacial score (nSPS) is 17.6. The van der Waals surface area contributed by atoms with E-state index in [0.29, 0.717) is 5.41 Å². The van der Waals surface area contributed by atoms with Gasteiger partial charge in [0.2, 0.25) is 0 Å². The molecule has 2 heteroatoms. The van der Waals surface area contributed by atoms with E-state index in [9.17, 15) is 0 Å². The van der Waals surface area contributed by atoms with Gasteiger partial charge in [-0.05, 0) is 47.9 Å².